The Morgan fingerprint density at radius 1 is 1.05 bits per heavy atom. The number of alkyl halides is 3. The second-order valence-corrected chi connectivity index (χ2v) is 10.9. The first-order valence-electron chi connectivity index (χ1n) is 14.0. The standard InChI is InChI=1S/C30H29F3N4O6/c31-30(32,33)43-21-5-1-4-20(16-21)29(18-34)10-13-36(14-11-29)12-3-15-42-23-7-2-6-22-25(23)28(41)37(27(22)40)17-19-8-9-24(38)35-26(19)39/h1-2,4-7,16,19H,3,8-15,17H2,(H,35,38,39)/t19-/m0/s1. The maximum absolute atomic E-state index is 13.2. The van der Waals surface area contributed by atoms with Crippen LogP contribution in [0.2, 0.25) is 0 Å². The van der Waals surface area contributed by atoms with Crippen molar-refractivity contribution in [2.75, 3.05) is 32.8 Å². The van der Waals surface area contributed by atoms with Crippen LogP contribution in [0.25, 0.3) is 0 Å². The molecule has 2 saturated heterocycles. The predicted molar refractivity (Wildman–Crippen MR) is 144 cm³/mol. The SMILES string of the molecule is N#CC1(c2cccc(OC(F)(F)F)c2)CCN(CCCOc2cccc3c2C(=O)N(C[C@@H]2CCC(=O)NC2=O)C3=O)CC1. The number of hydrogen-bond acceptors (Lipinski definition) is 8. The topological polar surface area (TPSA) is 129 Å². The molecule has 1 N–H and O–H groups in total. The first-order chi connectivity index (χ1) is 20.5. The van der Waals surface area contributed by atoms with Crippen molar-refractivity contribution in [1.29, 1.82) is 5.26 Å². The quantitative estimate of drug-likeness (QED) is 0.343. The Hall–Kier alpha value is -4.44. The maximum Gasteiger partial charge on any atom is 0.573 e. The molecule has 0 aromatic heterocycles. The second-order valence-electron chi connectivity index (χ2n) is 10.9. The highest BCUT2D eigenvalue weighted by molar-refractivity contribution is 6.22. The zero-order chi connectivity index (χ0) is 30.8. The first kappa shape index (κ1) is 30.0. The van der Waals surface area contributed by atoms with E-state index in [1.807, 2.05) is 0 Å². The van der Waals surface area contributed by atoms with E-state index in [4.69, 9.17) is 4.74 Å². The van der Waals surface area contributed by atoms with Gasteiger partial charge in [0.05, 0.1) is 35.1 Å². The fourth-order valence-electron chi connectivity index (χ4n) is 5.81. The molecule has 2 fully saturated rings. The average Bonchev–Trinajstić information content (AvgIpc) is 3.21. The summed E-state index contributed by atoms with van der Waals surface area (Å²) in [5, 5.41) is 12.2. The minimum absolute atomic E-state index is 0.121. The van der Waals surface area contributed by atoms with E-state index in [1.165, 1.54) is 24.3 Å². The molecule has 3 aliphatic heterocycles. The van der Waals surface area contributed by atoms with Gasteiger partial charge in [-0.05, 0) is 68.6 Å². The van der Waals surface area contributed by atoms with Gasteiger partial charge in [-0.25, -0.2) is 0 Å². The molecule has 2 aromatic rings. The van der Waals surface area contributed by atoms with E-state index in [2.05, 4.69) is 21.0 Å². The van der Waals surface area contributed by atoms with Gasteiger partial charge in [-0.2, -0.15) is 5.26 Å². The molecule has 10 nitrogen and oxygen atoms in total. The molecule has 0 saturated carbocycles. The van der Waals surface area contributed by atoms with Crippen molar-refractivity contribution in [3.63, 3.8) is 0 Å². The fraction of sp³-hybridized carbons (Fsp3) is 0.433. The van der Waals surface area contributed by atoms with E-state index in [1.54, 1.807) is 18.2 Å². The summed E-state index contributed by atoms with van der Waals surface area (Å²) in [5.41, 5.74) is -0.0879. The zero-order valence-electron chi connectivity index (χ0n) is 23.1. The Balaban J connectivity index is 1.14. The Bertz CT molecular complexity index is 1480. The summed E-state index contributed by atoms with van der Waals surface area (Å²) >= 11 is 0. The Morgan fingerprint density at radius 3 is 2.49 bits per heavy atom. The van der Waals surface area contributed by atoms with Crippen LogP contribution in [0, 0.1) is 17.2 Å². The van der Waals surface area contributed by atoms with Gasteiger partial charge in [0.2, 0.25) is 11.8 Å². The van der Waals surface area contributed by atoms with Crippen molar-refractivity contribution in [2.45, 2.75) is 43.9 Å². The van der Waals surface area contributed by atoms with Crippen molar-refractivity contribution in [1.82, 2.24) is 15.1 Å². The molecule has 0 unspecified atom stereocenters. The van der Waals surface area contributed by atoms with Crippen LogP contribution in [0.4, 0.5) is 13.2 Å². The molecular weight excluding hydrogens is 569 g/mol. The molecule has 3 aliphatic rings. The molecule has 3 heterocycles. The van der Waals surface area contributed by atoms with Crippen molar-refractivity contribution < 1.29 is 41.8 Å². The number of nitrogens with one attached hydrogen (secondary N) is 1. The monoisotopic (exact) mass is 598 g/mol. The number of rotatable bonds is 9. The van der Waals surface area contributed by atoms with Crippen LogP contribution in [0.5, 0.6) is 11.5 Å². The van der Waals surface area contributed by atoms with Gasteiger partial charge in [-0.15, -0.1) is 13.2 Å². The highest BCUT2D eigenvalue weighted by Gasteiger charge is 2.41. The van der Waals surface area contributed by atoms with Crippen molar-refractivity contribution in [2.24, 2.45) is 5.92 Å². The minimum Gasteiger partial charge on any atom is -0.493 e. The van der Waals surface area contributed by atoms with Crippen molar-refractivity contribution >= 4 is 23.6 Å². The van der Waals surface area contributed by atoms with Crippen LogP contribution in [-0.4, -0.2) is 72.6 Å². The van der Waals surface area contributed by atoms with Gasteiger partial charge in [-0.3, -0.25) is 29.4 Å². The number of hydrogen-bond donors (Lipinski definition) is 1. The molecular formula is C30H29F3N4O6. The number of likely N-dealkylation sites (tertiary alicyclic amines) is 1. The number of ether oxygens (including phenoxy) is 2. The number of amides is 4. The third-order valence-electron chi connectivity index (χ3n) is 8.14. The highest BCUT2D eigenvalue weighted by atomic mass is 19.4. The van der Waals surface area contributed by atoms with Gasteiger partial charge in [0.1, 0.15) is 11.5 Å². The Labute approximate surface area is 245 Å². The van der Waals surface area contributed by atoms with E-state index < -0.39 is 35.4 Å². The molecule has 0 spiro atoms. The predicted octanol–water partition coefficient (Wildman–Crippen LogP) is 3.56. The van der Waals surface area contributed by atoms with Crippen molar-refractivity contribution in [3.8, 4) is 17.6 Å². The summed E-state index contributed by atoms with van der Waals surface area (Å²) in [6, 6.07) is 12.7. The number of benzene rings is 2. The number of nitrogens with zero attached hydrogens (tertiary/aromatic N) is 3. The molecule has 43 heavy (non-hydrogen) atoms. The summed E-state index contributed by atoms with van der Waals surface area (Å²) in [4.78, 5) is 52.9. The number of fused-ring (bicyclic) bond motifs is 1. The average molecular weight is 599 g/mol. The number of nitriles is 1. The third-order valence-corrected chi connectivity index (χ3v) is 8.14. The van der Waals surface area contributed by atoms with Crippen LogP contribution in [0.3, 0.4) is 0 Å². The second kappa shape index (κ2) is 12.0. The van der Waals surface area contributed by atoms with Crippen LogP contribution in [0.1, 0.15) is 58.4 Å². The summed E-state index contributed by atoms with van der Waals surface area (Å²) in [6.07, 6.45) is -2.96. The molecule has 1 atom stereocenters. The summed E-state index contributed by atoms with van der Waals surface area (Å²) in [5.74, 6) is -2.69. The van der Waals surface area contributed by atoms with Gasteiger partial charge in [0, 0.05) is 19.5 Å². The minimum atomic E-state index is -4.82. The van der Waals surface area contributed by atoms with Gasteiger partial charge >= 0.3 is 6.36 Å². The number of imide groups is 2. The van der Waals surface area contributed by atoms with Gasteiger partial charge in [0.15, 0.2) is 0 Å². The smallest absolute Gasteiger partial charge is 0.493 e. The summed E-state index contributed by atoms with van der Waals surface area (Å²) < 4.78 is 47.9. The fourth-order valence-corrected chi connectivity index (χ4v) is 5.81. The number of piperidine rings is 2. The largest absolute Gasteiger partial charge is 0.573 e. The van der Waals surface area contributed by atoms with Gasteiger partial charge in [0.25, 0.3) is 11.8 Å². The Morgan fingerprint density at radius 2 is 1.79 bits per heavy atom. The van der Waals surface area contributed by atoms with E-state index in [0.717, 1.165) is 4.90 Å². The third kappa shape index (κ3) is 6.49. The van der Waals surface area contributed by atoms with Crippen LogP contribution < -0.4 is 14.8 Å². The lowest BCUT2D eigenvalue weighted by atomic mass is 9.74. The summed E-state index contributed by atoms with van der Waals surface area (Å²) in [6.45, 7) is 1.87. The lowest BCUT2D eigenvalue weighted by Gasteiger charge is -2.37. The van der Waals surface area contributed by atoms with Crippen LogP contribution >= 0.6 is 0 Å². The van der Waals surface area contributed by atoms with E-state index >= 15 is 0 Å². The molecule has 4 amide bonds. The van der Waals surface area contributed by atoms with Gasteiger partial charge < -0.3 is 14.4 Å². The maximum atomic E-state index is 13.2. The van der Waals surface area contributed by atoms with E-state index in [0.29, 0.717) is 44.5 Å². The van der Waals surface area contributed by atoms with Crippen molar-refractivity contribution in [3.05, 3.63) is 59.2 Å². The normalized spacial score (nSPS) is 20.4. The molecule has 0 aliphatic carbocycles. The van der Waals surface area contributed by atoms with Gasteiger partial charge in [-0.1, -0.05) is 18.2 Å². The highest BCUT2D eigenvalue weighted by Crippen LogP contribution is 2.37. The molecule has 13 heteroatoms. The number of carbonyl (C=O) groups excluding carboxylic acids is 4. The molecule has 2 aromatic carbocycles. The molecule has 5 rings (SSSR count). The van der Waals surface area contributed by atoms with Crippen LogP contribution in [0.15, 0.2) is 42.5 Å². The first-order valence-corrected chi connectivity index (χ1v) is 14.0. The molecule has 0 radical (unpaired) electrons. The molecule has 0 bridgehead atoms. The van der Waals surface area contributed by atoms with Crippen LogP contribution in [-0.2, 0) is 15.0 Å². The number of halogens is 3. The molecule has 226 valence electrons. The zero-order valence-corrected chi connectivity index (χ0v) is 23.1. The number of carbonyl (C=O) groups is 4. The summed E-state index contributed by atoms with van der Waals surface area (Å²) in [7, 11) is 0. The lowest BCUT2D eigenvalue weighted by molar-refractivity contribution is -0.274. The lowest BCUT2D eigenvalue weighted by Crippen LogP contribution is -2.46. The Kier molecular flexibility index (Phi) is 8.41. The van der Waals surface area contributed by atoms with E-state index in [9.17, 15) is 37.6 Å². The van der Waals surface area contributed by atoms with E-state index in [-0.39, 0.29) is 54.5 Å².